The lowest BCUT2D eigenvalue weighted by Crippen LogP contribution is -2.07. The van der Waals surface area contributed by atoms with E-state index in [2.05, 4.69) is 15.3 Å². The molecule has 0 saturated carbocycles. The van der Waals surface area contributed by atoms with Crippen LogP contribution in [-0.2, 0) is 4.74 Å². The Balaban J connectivity index is 1.85. The SMILES string of the molecule is Cc1ccc(Nc2nc(-c3ccccc3)nc3c2C(=N)OC3=N)cc1. The topological polar surface area (TPSA) is 94.7 Å². The molecule has 0 radical (unpaired) electrons. The van der Waals surface area contributed by atoms with Crippen LogP contribution in [0.15, 0.2) is 54.6 Å². The molecule has 3 N–H and O–H groups in total. The molecular formula is C19H15N5O. The molecule has 0 saturated heterocycles. The van der Waals surface area contributed by atoms with Crippen LogP contribution in [0.5, 0.6) is 0 Å². The average Bonchev–Trinajstić information content (AvgIpc) is 2.92. The van der Waals surface area contributed by atoms with E-state index in [1.54, 1.807) is 0 Å². The van der Waals surface area contributed by atoms with E-state index in [0.717, 1.165) is 16.8 Å². The maximum absolute atomic E-state index is 7.99. The van der Waals surface area contributed by atoms with Gasteiger partial charge in [0.2, 0.25) is 11.8 Å². The van der Waals surface area contributed by atoms with Crippen molar-refractivity contribution in [2.45, 2.75) is 6.92 Å². The molecular weight excluding hydrogens is 314 g/mol. The van der Waals surface area contributed by atoms with Gasteiger partial charge in [-0.05, 0) is 19.1 Å². The van der Waals surface area contributed by atoms with E-state index < -0.39 is 0 Å². The van der Waals surface area contributed by atoms with Crippen molar-refractivity contribution in [3.05, 3.63) is 71.4 Å². The number of hydrogen-bond donors (Lipinski definition) is 3. The molecule has 6 heteroatoms. The number of hydrogen-bond acceptors (Lipinski definition) is 6. The Labute approximate surface area is 144 Å². The zero-order valence-corrected chi connectivity index (χ0v) is 13.5. The molecule has 2 aromatic carbocycles. The summed E-state index contributed by atoms with van der Waals surface area (Å²) in [5.41, 5.74) is 3.57. The Bertz CT molecular complexity index is 981. The fraction of sp³-hybridized carbons (Fsp3) is 0.0526. The highest BCUT2D eigenvalue weighted by atomic mass is 16.5. The summed E-state index contributed by atoms with van der Waals surface area (Å²) in [6.07, 6.45) is 0. The van der Waals surface area contributed by atoms with Crippen molar-refractivity contribution in [1.29, 1.82) is 10.8 Å². The number of nitrogens with one attached hydrogen (secondary N) is 3. The van der Waals surface area contributed by atoms with Crippen LogP contribution < -0.4 is 5.32 Å². The van der Waals surface area contributed by atoms with Crippen LogP contribution in [0, 0.1) is 17.7 Å². The van der Waals surface area contributed by atoms with Gasteiger partial charge >= 0.3 is 0 Å². The van der Waals surface area contributed by atoms with Gasteiger partial charge in [0.05, 0.1) is 0 Å². The summed E-state index contributed by atoms with van der Waals surface area (Å²) in [5, 5.41) is 19.2. The Morgan fingerprint density at radius 2 is 1.60 bits per heavy atom. The van der Waals surface area contributed by atoms with E-state index in [1.807, 2.05) is 61.5 Å². The van der Waals surface area contributed by atoms with E-state index in [4.69, 9.17) is 15.6 Å². The molecule has 3 aromatic rings. The lowest BCUT2D eigenvalue weighted by molar-refractivity contribution is 0.552. The van der Waals surface area contributed by atoms with Gasteiger partial charge < -0.3 is 10.1 Å². The van der Waals surface area contributed by atoms with E-state index in [9.17, 15) is 0 Å². The number of aromatic nitrogens is 2. The molecule has 0 spiro atoms. The van der Waals surface area contributed by atoms with E-state index in [-0.39, 0.29) is 11.8 Å². The van der Waals surface area contributed by atoms with Crippen LogP contribution in [0.2, 0.25) is 0 Å². The highest BCUT2D eigenvalue weighted by Gasteiger charge is 2.31. The van der Waals surface area contributed by atoms with Crippen LogP contribution in [0.1, 0.15) is 16.8 Å². The van der Waals surface area contributed by atoms with Crippen molar-refractivity contribution in [1.82, 2.24) is 9.97 Å². The van der Waals surface area contributed by atoms with Crippen molar-refractivity contribution in [3.8, 4) is 11.4 Å². The minimum absolute atomic E-state index is 0.116. The summed E-state index contributed by atoms with van der Waals surface area (Å²) in [6, 6.07) is 17.4. The number of nitrogens with zero attached hydrogens (tertiary/aromatic N) is 2. The third-order valence-electron chi connectivity index (χ3n) is 3.90. The predicted octanol–water partition coefficient (Wildman–Crippen LogP) is 3.88. The quantitative estimate of drug-likeness (QED) is 0.679. The summed E-state index contributed by atoms with van der Waals surface area (Å²) >= 11 is 0. The lowest BCUT2D eigenvalue weighted by atomic mass is 10.1. The minimum Gasteiger partial charge on any atom is -0.419 e. The molecule has 122 valence electrons. The van der Waals surface area contributed by atoms with Gasteiger partial charge in [0.15, 0.2) is 5.82 Å². The monoisotopic (exact) mass is 329 g/mol. The fourth-order valence-corrected chi connectivity index (χ4v) is 2.62. The number of rotatable bonds is 3. The van der Waals surface area contributed by atoms with Gasteiger partial charge in [-0.15, -0.1) is 0 Å². The molecule has 0 amide bonds. The first-order chi connectivity index (χ1) is 12.1. The Morgan fingerprint density at radius 3 is 2.32 bits per heavy atom. The van der Waals surface area contributed by atoms with Crippen LogP contribution in [-0.4, -0.2) is 21.8 Å². The third kappa shape index (κ3) is 2.74. The first-order valence-corrected chi connectivity index (χ1v) is 7.78. The molecule has 4 rings (SSSR count). The molecule has 1 aromatic heterocycles. The fourth-order valence-electron chi connectivity index (χ4n) is 2.62. The third-order valence-corrected chi connectivity index (χ3v) is 3.90. The van der Waals surface area contributed by atoms with Crippen LogP contribution in [0.25, 0.3) is 11.4 Å². The van der Waals surface area contributed by atoms with E-state index in [0.29, 0.717) is 22.9 Å². The number of benzene rings is 2. The smallest absolute Gasteiger partial charge is 0.240 e. The zero-order chi connectivity index (χ0) is 17.4. The molecule has 0 atom stereocenters. The molecule has 6 nitrogen and oxygen atoms in total. The summed E-state index contributed by atoms with van der Waals surface area (Å²) in [6.45, 7) is 2.02. The van der Waals surface area contributed by atoms with Gasteiger partial charge in [0.25, 0.3) is 0 Å². The number of fused-ring (bicyclic) bond motifs is 1. The lowest BCUT2D eigenvalue weighted by Gasteiger charge is -2.11. The minimum atomic E-state index is -0.133. The number of aryl methyl sites for hydroxylation is 1. The summed E-state index contributed by atoms with van der Waals surface area (Å²) in [5.74, 6) is 0.692. The summed E-state index contributed by atoms with van der Waals surface area (Å²) in [7, 11) is 0. The number of anilines is 2. The second-order valence-electron chi connectivity index (χ2n) is 5.74. The molecule has 1 aliphatic heterocycles. The summed E-state index contributed by atoms with van der Waals surface area (Å²) < 4.78 is 5.14. The molecule has 1 aliphatic rings. The van der Waals surface area contributed by atoms with Gasteiger partial charge in [-0.3, -0.25) is 10.8 Å². The standard InChI is InChI=1S/C19H15N5O/c1-11-7-9-13(10-8-11)22-19-14-15(17(21)25-16(14)20)23-18(24-19)12-5-3-2-4-6-12/h2-10,20-21H,1H3,(H,22,23,24). The van der Waals surface area contributed by atoms with Crippen LogP contribution >= 0.6 is 0 Å². The van der Waals surface area contributed by atoms with E-state index >= 15 is 0 Å². The highest BCUT2D eigenvalue weighted by Crippen LogP contribution is 2.30. The molecule has 2 heterocycles. The second kappa shape index (κ2) is 5.83. The number of ether oxygens (including phenoxy) is 1. The Hall–Kier alpha value is -3.54. The normalized spacial score (nSPS) is 12.7. The van der Waals surface area contributed by atoms with Crippen molar-refractivity contribution in [3.63, 3.8) is 0 Å². The van der Waals surface area contributed by atoms with Crippen molar-refractivity contribution in [2.24, 2.45) is 0 Å². The first-order valence-electron chi connectivity index (χ1n) is 7.78. The van der Waals surface area contributed by atoms with Gasteiger partial charge in [-0.1, -0.05) is 48.0 Å². The second-order valence-corrected chi connectivity index (χ2v) is 5.74. The summed E-state index contributed by atoms with van der Waals surface area (Å²) in [4.78, 5) is 9.01. The van der Waals surface area contributed by atoms with Gasteiger partial charge in [-0.2, -0.15) is 0 Å². The van der Waals surface area contributed by atoms with Gasteiger partial charge in [0, 0.05) is 11.3 Å². The van der Waals surface area contributed by atoms with Gasteiger partial charge in [-0.25, -0.2) is 9.97 Å². The van der Waals surface area contributed by atoms with Crippen molar-refractivity contribution in [2.75, 3.05) is 5.32 Å². The molecule has 0 aliphatic carbocycles. The van der Waals surface area contributed by atoms with Crippen LogP contribution in [0.3, 0.4) is 0 Å². The predicted molar refractivity (Wildman–Crippen MR) is 96.7 cm³/mol. The maximum atomic E-state index is 7.99. The van der Waals surface area contributed by atoms with Crippen molar-refractivity contribution < 1.29 is 4.74 Å². The molecule has 0 unspecified atom stereocenters. The van der Waals surface area contributed by atoms with Gasteiger partial charge in [0.1, 0.15) is 17.1 Å². The Kier molecular flexibility index (Phi) is 3.50. The largest absolute Gasteiger partial charge is 0.419 e. The molecule has 0 bridgehead atoms. The molecule has 25 heavy (non-hydrogen) atoms. The highest BCUT2D eigenvalue weighted by molar-refractivity contribution is 6.18. The first kappa shape index (κ1) is 15.0. The zero-order valence-electron chi connectivity index (χ0n) is 13.5. The Morgan fingerprint density at radius 1 is 0.880 bits per heavy atom. The maximum Gasteiger partial charge on any atom is 0.240 e. The molecule has 0 fully saturated rings. The average molecular weight is 329 g/mol. The van der Waals surface area contributed by atoms with E-state index in [1.165, 1.54) is 0 Å². The van der Waals surface area contributed by atoms with Crippen LogP contribution in [0.4, 0.5) is 11.5 Å². The van der Waals surface area contributed by atoms with Crippen molar-refractivity contribution >= 4 is 23.3 Å².